The van der Waals surface area contributed by atoms with Gasteiger partial charge in [-0.25, -0.2) is 4.99 Å². The molecule has 2 aromatic heterocycles. The van der Waals surface area contributed by atoms with Crippen LogP contribution >= 0.6 is 11.3 Å². The molecular formula is C20H28N4O2S. The zero-order valence-corrected chi connectivity index (χ0v) is 16.6. The highest BCUT2D eigenvalue weighted by molar-refractivity contribution is 7.09. The molecule has 0 aromatic carbocycles. The smallest absolute Gasteiger partial charge is 0.220 e. The molecule has 0 radical (unpaired) electrons. The van der Waals surface area contributed by atoms with Crippen molar-refractivity contribution in [3.05, 3.63) is 46.5 Å². The minimum atomic E-state index is 0.136. The number of likely N-dealkylation sites (tertiary alicyclic amines) is 1. The molecule has 1 aliphatic rings. The lowest BCUT2D eigenvalue weighted by molar-refractivity contribution is -0.121. The highest BCUT2D eigenvalue weighted by atomic mass is 32.1. The molecule has 3 rings (SSSR count). The molecule has 0 bridgehead atoms. The summed E-state index contributed by atoms with van der Waals surface area (Å²) in [5.74, 6) is 2.53. The Labute approximate surface area is 164 Å². The third-order valence-electron chi connectivity index (χ3n) is 4.87. The van der Waals surface area contributed by atoms with Crippen LogP contribution in [0.2, 0.25) is 0 Å². The monoisotopic (exact) mass is 388 g/mol. The Balaban J connectivity index is 1.55. The van der Waals surface area contributed by atoms with Gasteiger partial charge in [0.15, 0.2) is 5.96 Å². The standard InChI is InChI=1S/C20H28N4O2S/c1-21-19(25)14-16-7-10-24(11-8-16)20(23-15-18-5-3-13-27-18)22-9-6-17-4-2-12-26-17/h2-5,12-13,16H,6-11,14-15H2,1H3,(H,21,25)(H,22,23). The Morgan fingerprint density at radius 1 is 1.33 bits per heavy atom. The van der Waals surface area contributed by atoms with Crippen molar-refractivity contribution in [2.75, 3.05) is 26.7 Å². The molecule has 2 aromatic rings. The molecule has 3 heterocycles. The predicted molar refractivity (Wildman–Crippen MR) is 109 cm³/mol. The van der Waals surface area contributed by atoms with Crippen molar-refractivity contribution in [2.45, 2.75) is 32.2 Å². The molecule has 0 aliphatic carbocycles. The van der Waals surface area contributed by atoms with Crippen LogP contribution < -0.4 is 10.6 Å². The van der Waals surface area contributed by atoms with Crippen LogP contribution in [-0.2, 0) is 17.8 Å². The third kappa shape index (κ3) is 6.13. The van der Waals surface area contributed by atoms with Gasteiger partial charge in [0.1, 0.15) is 5.76 Å². The maximum absolute atomic E-state index is 11.6. The fourth-order valence-corrected chi connectivity index (χ4v) is 3.92. The quantitative estimate of drug-likeness (QED) is 0.565. The van der Waals surface area contributed by atoms with Crippen molar-refractivity contribution in [2.24, 2.45) is 10.9 Å². The van der Waals surface area contributed by atoms with Gasteiger partial charge in [-0.2, -0.15) is 0 Å². The first-order chi connectivity index (χ1) is 13.2. The number of hydrogen-bond acceptors (Lipinski definition) is 4. The number of piperidine rings is 1. The summed E-state index contributed by atoms with van der Waals surface area (Å²) in [5, 5.41) is 8.31. The molecule has 2 N–H and O–H groups in total. The molecule has 146 valence electrons. The lowest BCUT2D eigenvalue weighted by Gasteiger charge is -2.34. The zero-order chi connectivity index (χ0) is 18.9. The number of amides is 1. The third-order valence-corrected chi connectivity index (χ3v) is 5.73. The molecule has 0 atom stereocenters. The number of nitrogens with zero attached hydrogens (tertiary/aromatic N) is 2. The number of carbonyl (C=O) groups is 1. The van der Waals surface area contributed by atoms with Gasteiger partial charge >= 0.3 is 0 Å². The number of guanidine groups is 1. The molecular weight excluding hydrogens is 360 g/mol. The minimum absolute atomic E-state index is 0.136. The van der Waals surface area contributed by atoms with E-state index >= 15 is 0 Å². The van der Waals surface area contributed by atoms with Crippen LogP contribution in [0.3, 0.4) is 0 Å². The van der Waals surface area contributed by atoms with E-state index in [-0.39, 0.29) is 5.91 Å². The van der Waals surface area contributed by atoms with Gasteiger partial charge < -0.3 is 20.0 Å². The summed E-state index contributed by atoms with van der Waals surface area (Å²) in [6.45, 7) is 3.34. The Morgan fingerprint density at radius 3 is 2.85 bits per heavy atom. The maximum atomic E-state index is 11.6. The van der Waals surface area contributed by atoms with Crippen molar-refractivity contribution < 1.29 is 9.21 Å². The molecule has 7 heteroatoms. The van der Waals surface area contributed by atoms with Crippen LogP contribution in [0.4, 0.5) is 0 Å². The van der Waals surface area contributed by atoms with Gasteiger partial charge in [0.2, 0.25) is 5.91 Å². The van der Waals surface area contributed by atoms with Crippen LogP contribution in [0.1, 0.15) is 29.9 Å². The molecule has 1 aliphatic heterocycles. The van der Waals surface area contributed by atoms with E-state index in [0.29, 0.717) is 18.9 Å². The van der Waals surface area contributed by atoms with Gasteiger partial charge in [0, 0.05) is 44.4 Å². The fraction of sp³-hybridized carbons (Fsp3) is 0.500. The van der Waals surface area contributed by atoms with Gasteiger partial charge in [-0.15, -0.1) is 11.3 Å². The number of carbonyl (C=O) groups excluding carboxylic acids is 1. The van der Waals surface area contributed by atoms with E-state index in [2.05, 4.69) is 33.0 Å². The Kier molecular flexibility index (Phi) is 7.33. The Bertz CT molecular complexity index is 704. The lowest BCUT2D eigenvalue weighted by atomic mass is 9.93. The van der Waals surface area contributed by atoms with Gasteiger partial charge in [-0.3, -0.25) is 4.79 Å². The molecule has 6 nitrogen and oxygen atoms in total. The van der Waals surface area contributed by atoms with Crippen molar-refractivity contribution in [1.82, 2.24) is 15.5 Å². The summed E-state index contributed by atoms with van der Waals surface area (Å²) in [6.07, 6.45) is 5.20. The van der Waals surface area contributed by atoms with E-state index in [4.69, 9.17) is 9.41 Å². The number of aliphatic imine (C=N–C) groups is 1. The second kappa shape index (κ2) is 10.2. The topological polar surface area (TPSA) is 69.9 Å². The second-order valence-electron chi connectivity index (χ2n) is 6.78. The number of hydrogen-bond donors (Lipinski definition) is 2. The Morgan fingerprint density at radius 2 is 2.19 bits per heavy atom. The molecule has 0 spiro atoms. The summed E-state index contributed by atoms with van der Waals surface area (Å²) < 4.78 is 5.41. The van der Waals surface area contributed by atoms with Crippen LogP contribution in [0.15, 0.2) is 45.3 Å². The fourth-order valence-electron chi connectivity index (χ4n) is 3.29. The van der Waals surface area contributed by atoms with Gasteiger partial charge in [0.25, 0.3) is 0 Å². The van der Waals surface area contributed by atoms with Crippen molar-refractivity contribution in [3.63, 3.8) is 0 Å². The highest BCUT2D eigenvalue weighted by Crippen LogP contribution is 2.21. The molecule has 1 amide bonds. The average molecular weight is 389 g/mol. The van der Waals surface area contributed by atoms with E-state index in [1.54, 1.807) is 24.6 Å². The van der Waals surface area contributed by atoms with Crippen LogP contribution in [0.25, 0.3) is 0 Å². The van der Waals surface area contributed by atoms with Crippen LogP contribution in [0.5, 0.6) is 0 Å². The molecule has 1 saturated heterocycles. The van der Waals surface area contributed by atoms with E-state index in [0.717, 1.165) is 50.6 Å². The van der Waals surface area contributed by atoms with E-state index in [1.807, 2.05) is 12.1 Å². The average Bonchev–Trinajstić information content (AvgIpc) is 3.39. The number of nitrogens with one attached hydrogen (secondary N) is 2. The summed E-state index contributed by atoms with van der Waals surface area (Å²) in [5.41, 5.74) is 0. The number of thiophene rings is 1. The molecule has 27 heavy (non-hydrogen) atoms. The first-order valence-electron chi connectivity index (χ1n) is 9.53. The van der Waals surface area contributed by atoms with Crippen LogP contribution in [-0.4, -0.2) is 43.4 Å². The van der Waals surface area contributed by atoms with Crippen LogP contribution in [0, 0.1) is 5.92 Å². The number of furan rings is 1. The summed E-state index contributed by atoms with van der Waals surface area (Å²) in [4.78, 5) is 20.0. The van der Waals surface area contributed by atoms with E-state index in [9.17, 15) is 4.79 Å². The van der Waals surface area contributed by atoms with Crippen molar-refractivity contribution in [1.29, 1.82) is 0 Å². The molecule has 1 fully saturated rings. The first kappa shape index (κ1) is 19.5. The van der Waals surface area contributed by atoms with Gasteiger partial charge in [-0.1, -0.05) is 6.07 Å². The van der Waals surface area contributed by atoms with Gasteiger partial charge in [-0.05, 0) is 42.3 Å². The lowest BCUT2D eigenvalue weighted by Crippen LogP contribution is -2.46. The van der Waals surface area contributed by atoms with E-state index in [1.165, 1.54) is 4.88 Å². The normalized spacial score (nSPS) is 15.7. The summed E-state index contributed by atoms with van der Waals surface area (Å²) in [7, 11) is 1.70. The minimum Gasteiger partial charge on any atom is -0.469 e. The zero-order valence-electron chi connectivity index (χ0n) is 15.8. The predicted octanol–water partition coefficient (Wildman–Crippen LogP) is 2.88. The molecule has 0 unspecified atom stereocenters. The SMILES string of the molecule is CNC(=O)CC1CCN(C(=NCc2cccs2)NCCc2ccco2)CC1. The van der Waals surface area contributed by atoms with Crippen molar-refractivity contribution in [3.8, 4) is 0 Å². The van der Waals surface area contributed by atoms with E-state index < -0.39 is 0 Å². The maximum Gasteiger partial charge on any atom is 0.220 e. The summed E-state index contributed by atoms with van der Waals surface area (Å²) in [6, 6.07) is 8.08. The van der Waals surface area contributed by atoms with Crippen molar-refractivity contribution >= 4 is 23.2 Å². The first-order valence-corrected chi connectivity index (χ1v) is 10.4. The number of rotatable bonds is 7. The summed E-state index contributed by atoms with van der Waals surface area (Å²) >= 11 is 1.73. The Hall–Kier alpha value is -2.28. The molecule has 0 saturated carbocycles. The second-order valence-corrected chi connectivity index (χ2v) is 7.82. The highest BCUT2D eigenvalue weighted by Gasteiger charge is 2.23. The largest absolute Gasteiger partial charge is 0.469 e. The van der Waals surface area contributed by atoms with Gasteiger partial charge in [0.05, 0.1) is 12.8 Å².